The van der Waals surface area contributed by atoms with E-state index in [-0.39, 0.29) is 8.41 Å². The average Bonchev–Trinajstić information content (AvgIpc) is 2.87. The maximum absolute atomic E-state index is 12.2. The molecule has 0 aromatic heterocycles. The Hall–Kier alpha value is -3.93. The number of rotatable bonds is 0. The van der Waals surface area contributed by atoms with Crippen LogP contribution >= 0.6 is 0 Å². The molecule has 0 aliphatic carbocycles. The molecule has 0 saturated heterocycles. The van der Waals surface area contributed by atoms with E-state index in [0.717, 1.165) is 0 Å². The van der Waals surface area contributed by atoms with Crippen molar-refractivity contribution in [2.24, 2.45) is 0 Å². The molecule has 3 aromatic carbocycles. The smallest absolute Gasteiger partial charge is 0.206 e. The molecule has 3 N–H and O–H groups in total. The number of hydrogen-bond acceptors (Lipinski definition) is 3. The molecule has 37 heavy (non-hydrogen) atoms. The zero-order valence-electron chi connectivity index (χ0n) is 16.0. The molecular formula is C18H6BF15O3. The maximum atomic E-state index is 12.2. The first-order chi connectivity index (χ1) is 16.4. The minimum Gasteiger partial charge on any atom is -0.503 e. The first-order valence-corrected chi connectivity index (χ1v) is 8.01. The van der Waals surface area contributed by atoms with Gasteiger partial charge in [-0.3, -0.25) is 0 Å². The number of phenols is 3. The quantitative estimate of drug-likeness (QED) is 0.154. The summed E-state index contributed by atoms with van der Waals surface area (Å²) in [5.41, 5.74) is 0. The van der Waals surface area contributed by atoms with Crippen LogP contribution in [0.1, 0.15) is 0 Å². The summed E-state index contributed by atoms with van der Waals surface area (Å²) in [5.74, 6) is -38.8. The predicted molar refractivity (Wildman–Crippen MR) is 93.6 cm³/mol. The Balaban J connectivity index is 0.000000518. The van der Waals surface area contributed by atoms with Gasteiger partial charge in [0.05, 0.1) is 8.41 Å². The molecule has 0 aliphatic rings. The first-order valence-electron chi connectivity index (χ1n) is 8.01. The van der Waals surface area contributed by atoms with Crippen molar-refractivity contribution < 1.29 is 81.2 Å². The third-order valence-electron chi connectivity index (χ3n) is 3.56. The van der Waals surface area contributed by atoms with Crippen molar-refractivity contribution >= 4 is 8.41 Å². The fourth-order valence-corrected chi connectivity index (χ4v) is 1.78. The van der Waals surface area contributed by atoms with Crippen LogP contribution in [0.15, 0.2) is 0 Å². The summed E-state index contributed by atoms with van der Waals surface area (Å²) in [5, 5.41) is 24.9. The van der Waals surface area contributed by atoms with Crippen molar-refractivity contribution in [1.82, 2.24) is 0 Å². The summed E-state index contributed by atoms with van der Waals surface area (Å²) >= 11 is 0. The van der Waals surface area contributed by atoms with Gasteiger partial charge in [0.15, 0.2) is 17.2 Å². The van der Waals surface area contributed by atoms with Crippen molar-refractivity contribution in [2.45, 2.75) is 0 Å². The minimum absolute atomic E-state index is 0. The summed E-state index contributed by atoms with van der Waals surface area (Å²) in [6, 6.07) is 0. The highest BCUT2D eigenvalue weighted by Crippen LogP contribution is 2.29. The Labute approximate surface area is 195 Å². The number of hydrogen-bond donors (Lipinski definition) is 3. The van der Waals surface area contributed by atoms with Gasteiger partial charge >= 0.3 is 0 Å². The van der Waals surface area contributed by atoms with Gasteiger partial charge in [0, 0.05) is 0 Å². The lowest BCUT2D eigenvalue weighted by Crippen LogP contribution is -2.00. The van der Waals surface area contributed by atoms with Crippen LogP contribution in [0.25, 0.3) is 0 Å². The predicted octanol–water partition coefficient (Wildman–Crippen LogP) is 5.08. The average molecular weight is 566 g/mol. The molecule has 3 nitrogen and oxygen atoms in total. The van der Waals surface area contributed by atoms with Crippen LogP contribution in [-0.4, -0.2) is 23.7 Å². The first kappa shape index (κ1) is 33.1. The van der Waals surface area contributed by atoms with Crippen molar-refractivity contribution in [3.8, 4) is 17.2 Å². The highest BCUT2D eigenvalue weighted by molar-refractivity contribution is 5.75. The van der Waals surface area contributed by atoms with E-state index in [1.165, 1.54) is 0 Å². The Kier molecular flexibility index (Phi) is 11.0. The minimum atomic E-state index is -2.29. The van der Waals surface area contributed by atoms with Crippen molar-refractivity contribution in [3.05, 3.63) is 87.3 Å². The summed E-state index contributed by atoms with van der Waals surface area (Å²) in [4.78, 5) is 0. The zero-order valence-corrected chi connectivity index (χ0v) is 16.0. The lowest BCUT2D eigenvalue weighted by Gasteiger charge is -2.00. The zero-order chi connectivity index (χ0) is 28.4. The third-order valence-corrected chi connectivity index (χ3v) is 3.56. The van der Waals surface area contributed by atoms with Crippen LogP contribution in [0, 0.1) is 87.3 Å². The molecule has 19 heteroatoms. The lowest BCUT2D eigenvalue weighted by molar-refractivity contribution is 0.325. The van der Waals surface area contributed by atoms with Gasteiger partial charge in [0.2, 0.25) is 87.3 Å². The molecule has 0 radical (unpaired) electrons. The second-order valence-corrected chi connectivity index (χ2v) is 5.76. The van der Waals surface area contributed by atoms with E-state index in [2.05, 4.69) is 0 Å². The molecule has 0 bridgehead atoms. The molecule has 0 aliphatic heterocycles. The normalized spacial score (nSPS) is 10.1. The molecule has 0 heterocycles. The molecule has 0 fully saturated rings. The van der Waals surface area contributed by atoms with Gasteiger partial charge in [0.25, 0.3) is 0 Å². The standard InChI is InChI=1S/3C6HF5O.BH3/c3*7-1-2(8)4(10)6(12)5(11)3(1)9;/h3*12H;1H3. The van der Waals surface area contributed by atoms with Crippen LogP contribution in [0.4, 0.5) is 65.9 Å². The topological polar surface area (TPSA) is 60.7 Å². The van der Waals surface area contributed by atoms with Crippen LogP contribution in [0.5, 0.6) is 17.2 Å². The van der Waals surface area contributed by atoms with Crippen molar-refractivity contribution in [2.75, 3.05) is 0 Å². The Morgan fingerprint density at radius 3 is 0.405 bits per heavy atom. The fourth-order valence-electron chi connectivity index (χ4n) is 1.78. The van der Waals surface area contributed by atoms with Gasteiger partial charge in [0.1, 0.15) is 0 Å². The van der Waals surface area contributed by atoms with Crippen LogP contribution in [-0.2, 0) is 0 Å². The van der Waals surface area contributed by atoms with E-state index in [0.29, 0.717) is 0 Å². The van der Waals surface area contributed by atoms with E-state index in [4.69, 9.17) is 15.3 Å². The lowest BCUT2D eigenvalue weighted by atomic mass is 10.3. The van der Waals surface area contributed by atoms with Crippen LogP contribution in [0.3, 0.4) is 0 Å². The van der Waals surface area contributed by atoms with Crippen LogP contribution < -0.4 is 0 Å². The van der Waals surface area contributed by atoms with E-state index < -0.39 is 105 Å². The molecule has 0 atom stereocenters. The highest BCUT2D eigenvalue weighted by Gasteiger charge is 2.26. The Morgan fingerprint density at radius 2 is 0.297 bits per heavy atom. The maximum Gasteiger partial charge on any atom is 0.206 e. The third kappa shape index (κ3) is 6.26. The monoisotopic (exact) mass is 566 g/mol. The Morgan fingerprint density at radius 1 is 0.216 bits per heavy atom. The molecule has 0 unspecified atom stereocenters. The summed E-state index contributed by atoms with van der Waals surface area (Å²) in [6.45, 7) is 0. The Bertz CT molecular complexity index is 858. The summed E-state index contributed by atoms with van der Waals surface area (Å²) in [7, 11) is 0. The van der Waals surface area contributed by atoms with Crippen molar-refractivity contribution in [1.29, 1.82) is 0 Å². The summed E-state index contributed by atoms with van der Waals surface area (Å²) in [6.07, 6.45) is 0. The molecular weight excluding hydrogens is 560 g/mol. The number of phenolic OH excluding ortho intramolecular Hbond substituents is 3. The molecule has 0 spiro atoms. The van der Waals surface area contributed by atoms with Gasteiger partial charge in [-0.25, -0.2) is 39.5 Å². The van der Waals surface area contributed by atoms with Crippen LogP contribution in [0.2, 0.25) is 0 Å². The van der Waals surface area contributed by atoms with E-state index in [9.17, 15) is 65.9 Å². The van der Waals surface area contributed by atoms with Gasteiger partial charge in [-0.1, -0.05) is 0 Å². The number of benzene rings is 3. The summed E-state index contributed by atoms with van der Waals surface area (Å²) < 4.78 is 182. The second kappa shape index (κ2) is 12.4. The van der Waals surface area contributed by atoms with E-state index in [1.54, 1.807) is 0 Å². The van der Waals surface area contributed by atoms with Gasteiger partial charge < -0.3 is 15.3 Å². The molecule has 204 valence electrons. The number of halogens is 15. The molecule has 3 aromatic rings. The second-order valence-electron chi connectivity index (χ2n) is 5.76. The molecule has 0 amide bonds. The van der Waals surface area contributed by atoms with Gasteiger partial charge in [-0.15, -0.1) is 0 Å². The number of aromatic hydroxyl groups is 3. The molecule has 0 saturated carbocycles. The highest BCUT2D eigenvalue weighted by atomic mass is 19.2. The SMILES string of the molecule is B.Oc1c(F)c(F)c(F)c(F)c1F.Oc1c(F)c(F)c(F)c(F)c1F.Oc1c(F)c(F)c(F)c(F)c1F. The van der Waals surface area contributed by atoms with Gasteiger partial charge in [-0.2, -0.15) is 26.3 Å². The van der Waals surface area contributed by atoms with E-state index >= 15 is 0 Å². The van der Waals surface area contributed by atoms with E-state index in [1.807, 2.05) is 0 Å². The fraction of sp³-hybridized carbons (Fsp3) is 0. The van der Waals surface area contributed by atoms with Gasteiger partial charge in [-0.05, 0) is 0 Å². The largest absolute Gasteiger partial charge is 0.503 e. The molecule has 3 rings (SSSR count). The van der Waals surface area contributed by atoms with Crippen molar-refractivity contribution in [3.63, 3.8) is 0 Å².